The summed E-state index contributed by atoms with van der Waals surface area (Å²) in [6.07, 6.45) is 1.38. The van der Waals surface area contributed by atoms with Crippen LogP contribution in [0.5, 0.6) is 5.75 Å². The molecule has 0 saturated heterocycles. The van der Waals surface area contributed by atoms with E-state index in [1.165, 1.54) is 13.0 Å². The standard InChI is InChI=1S/C24H13BrClF5N2O2/c1-11-15(24(34)33(32-11)23-21(30)19(28)18(27)20(29)22(23)31)8-13-4-7-17(16(25)9-13)35-10-12-2-5-14(26)6-3-12/h2-9H,10H2,1H3/b15-8+. The fraction of sp³-hybridized carbons (Fsp3) is 0.0833. The van der Waals surface area contributed by atoms with Crippen LogP contribution >= 0.6 is 27.5 Å². The molecule has 0 unspecified atom stereocenters. The maximum absolute atomic E-state index is 14.2. The van der Waals surface area contributed by atoms with Crippen LogP contribution < -0.4 is 9.75 Å². The minimum Gasteiger partial charge on any atom is -0.488 e. The fourth-order valence-electron chi connectivity index (χ4n) is 3.25. The SMILES string of the molecule is CC1=NN(c2c(F)c(F)c(F)c(F)c2F)C(=O)/C1=C/c1ccc(OCc2ccc(Cl)cc2)c(Br)c1. The van der Waals surface area contributed by atoms with Gasteiger partial charge in [-0.05, 0) is 64.3 Å². The van der Waals surface area contributed by atoms with E-state index >= 15 is 0 Å². The average Bonchev–Trinajstić information content (AvgIpc) is 3.10. The van der Waals surface area contributed by atoms with E-state index in [1.54, 1.807) is 30.3 Å². The van der Waals surface area contributed by atoms with Crippen molar-refractivity contribution < 1.29 is 31.5 Å². The zero-order chi connectivity index (χ0) is 25.4. The van der Waals surface area contributed by atoms with E-state index in [4.69, 9.17) is 16.3 Å². The summed E-state index contributed by atoms with van der Waals surface area (Å²) < 4.78 is 75.3. The quantitative estimate of drug-likeness (QED) is 0.141. The van der Waals surface area contributed by atoms with Gasteiger partial charge in [0.15, 0.2) is 23.3 Å². The van der Waals surface area contributed by atoms with Crippen LogP contribution in [0.15, 0.2) is 57.6 Å². The molecule has 11 heteroatoms. The number of nitrogens with zero attached hydrogens (tertiary/aromatic N) is 2. The van der Waals surface area contributed by atoms with Crippen molar-refractivity contribution in [1.29, 1.82) is 0 Å². The smallest absolute Gasteiger partial charge is 0.280 e. The predicted octanol–water partition coefficient (Wildman–Crippen LogP) is 7.18. The van der Waals surface area contributed by atoms with Crippen molar-refractivity contribution in [3.05, 3.63) is 97.7 Å². The molecule has 0 saturated carbocycles. The molecule has 1 heterocycles. The Morgan fingerprint density at radius 2 is 1.57 bits per heavy atom. The molecule has 180 valence electrons. The van der Waals surface area contributed by atoms with Gasteiger partial charge in [0.2, 0.25) is 5.82 Å². The first-order valence-corrected chi connectivity index (χ1v) is 11.1. The lowest BCUT2D eigenvalue weighted by Crippen LogP contribution is -2.25. The molecule has 0 bridgehead atoms. The second-order valence-electron chi connectivity index (χ2n) is 7.38. The molecule has 0 radical (unpaired) electrons. The Balaban J connectivity index is 1.58. The molecule has 3 aromatic rings. The molecular weight excluding hydrogens is 559 g/mol. The monoisotopic (exact) mass is 570 g/mol. The fourth-order valence-corrected chi connectivity index (χ4v) is 3.88. The van der Waals surface area contributed by atoms with Crippen LogP contribution in [0.25, 0.3) is 6.08 Å². The lowest BCUT2D eigenvalue weighted by atomic mass is 10.1. The number of rotatable bonds is 5. The normalized spacial score (nSPS) is 14.6. The molecular formula is C24H13BrClF5N2O2. The lowest BCUT2D eigenvalue weighted by Gasteiger charge is -2.15. The lowest BCUT2D eigenvalue weighted by molar-refractivity contribution is -0.114. The highest BCUT2D eigenvalue weighted by Crippen LogP contribution is 2.34. The van der Waals surface area contributed by atoms with E-state index in [-0.39, 0.29) is 22.9 Å². The summed E-state index contributed by atoms with van der Waals surface area (Å²) in [5.41, 5.74) is -0.118. The van der Waals surface area contributed by atoms with Gasteiger partial charge in [0.05, 0.1) is 15.8 Å². The number of amides is 1. The van der Waals surface area contributed by atoms with Crippen molar-refractivity contribution >= 4 is 50.9 Å². The minimum atomic E-state index is -2.32. The molecule has 4 rings (SSSR count). The van der Waals surface area contributed by atoms with Crippen molar-refractivity contribution in [3.8, 4) is 5.75 Å². The summed E-state index contributed by atoms with van der Waals surface area (Å²) in [6.45, 7) is 1.64. The van der Waals surface area contributed by atoms with Crippen LogP contribution in [-0.2, 0) is 11.4 Å². The van der Waals surface area contributed by atoms with E-state index < -0.39 is 40.7 Å². The third-order valence-electron chi connectivity index (χ3n) is 5.04. The first-order valence-electron chi connectivity index (χ1n) is 9.88. The molecule has 0 atom stereocenters. The van der Waals surface area contributed by atoms with Gasteiger partial charge >= 0.3 is 0 Å². The Bertz CT molecular complexity index is 1380. The van der Waals surface area contributed by atoms with Crippen LogP contribution in [0, 0.1) is 29.1 Å². The van der Waals surface area contributed by atoms with Crippen molar-refractivity contribution in [2.75, 3.05) is 5.01 Å². The maximum atomic E-state index is 14.2. The third-order valence-corrected chi connectivity index (χ3v) is 5.91. The van der Waals surface area contributed by atoms with Gasteiger partial charge in [0, 0.05) is 5.02 Å². The Labute approximate surface area is 209 Å². The van der Waals surface area contributed by atoms with Crippen molar-refractivity contribution in [2.24, 2.45) is 5.10 Å². The average molecular weight is 572 g/mol. The number of hydrazone groups is 1. The van der Waals surface area contributed by atoms with Crippen LogP contribution in [-0.4, -0.2) is 11.6 Å². The predicted molar refractivity (Wildman–Crippen MR) is 125 cm³/mol. The van der Waals surface area contributed by atoms with Gasteiger partial charge in [-0.25, -0.2) is 22.0 Å². The Morgan fingerprint density at radius 3 is 2.17 bits per heavy atom. The van der Waals surface area contributed by atoms with Crippen LogP contribution in [0.4, 0.5) is 27.6 Å². The summed E-state index contributed by atoms with van der Waals surface area (Å²) in [5.74, 6) is -11.5. The number of carbonyl (C=O) groups excluding carboxylic acids is 1. The zero-order valence-electron chi connectivity index (χ0n) is 17.7. The highest BCUT2D eigenvalue weighted by molar-refractivity contribution is 9.10. The van der Waals surface area contributed by atoms with Crippen molar-refractivity contribution in [2.45, 2.75) is 13.5 Å². The number of hydrogen-bond acceptors (Lipinski definition) is 3. The third kappa shape index (κ3) is 4.81. The van der Waals surface area contributed by atoms with E-state index in [1.807, 2.05) is 12.1 Å². The molecule has 1 amide bonds. The number of ether oxygens (including phenoxy) is 1. The van der Waals surface area contributed by atoms with Gasteiger partial charge in [0.1, 0.15) is 18.0 Å². The molecule has 4 nitrogen and oxygen atoms in total. The molecule has 1 aliphatic rings. The molecule has 0 aliphatic carbocycles. The topological polar surface area (TPSA) is 41.9 Å². The number of halogens is 7. The molecule has 0 fully saturated rings. The van der Waals surface area contributed by atoms with Crippen LogP contribution in [0.2, 0.25) is 5.02 Å². The first-order chi connectivity index (χ1) is 16.6. The van der Waals surface area contributed by atoms with Gasteiger partial charge in [-0.3, -0.25) is 4.79 Å². The van der Waals surface area contributed by atoms with Gasteiger partial charge in [0.25, 0.3) is 5.91 Å². The number of anilines is 1. The number of benzene rings is 3. The van der Waals surface area contributed by atoms with Crippen LogP contribution in [0.3, 0.4) is 0 Å². The van der Waals surface area contributed by atoms with E-state index in [0.29, 0.717) is 20.8 Å². The molecule has 1 aliphatic heterocycles. The van der Waals surface area contributed by atoms with Crippen molar-refractivity contribution in [3.63, 3.8) is 0 Å². The summed E-state index contributed by atoms with van der Waals surface area (Å²) in [4.78, 5) is 12.8. The Hall–Kier alpha value is -3.24. The second kappa shape index (κ2) is 9.79. The Kier molecular flexibility index (Phi) is 6.95. The zero-order valence-corrected chi connectivity index (χ0v) is 20.0. The van der Waals surface area contributed by atoms with Crippen molar-refractivity contribution in [1.82, 2.24) is 0 Å². The van der Waals surface area contributed by atoms with Gasteiger partial charge in [-0.1, -0.05) is 29.8 Å². The highest BCUT2D eigenvalue weighted by atomic mass is 79.9. The maximum Gasteiger partial charge on any atom is 0.280 e. The van der Waals surface area contributed by atoms with Gasteiger partial charge < -0.3 is 4.74 Å². The highest BCUT2D eigenvalue weighted by Gasteiger charge is 2.37. The summed E-state index contributed by atoms with van der Waals surface area (Å²) in [5, 5.41) is 4.48. The van der Waals surface area contributed by atoms with Gasteiger partial charge in [-0.15, -0.1) is 0 Å². The molecule has 0 N–H and O–H groups in total. The minimum absolute atomic E-state index is 0.0260. The van der Waals surface area contributed by atoms with E-state index in [0.717, 1.165) is 5.56 Å². The molecule has 0 spiro atoms. The summed E-state index contributed by atoms with van der Waals surface area (Å²) in [6, 6.07) is 12.0. The van der Waals surface area contributed by atoms with Crippen LogP contribution in [0.1, 0.15) is 18.1 Å². The first kappa shape index (κ1) is 24.9. The number of hydrogen-bond donors (Lipinski definition) is 0. The Morgan fingerprint density at radius 1 is 0.971 bits per heavy atom. The largest absolute Gasteiger partial charge is 0.488 e. The number of carbonyl (C=O) groups is 1. The van der Waals surface area contributed by atoms with Gasteiger partial charge in [-0.2, -0.15) is 10.1 Å². The van der Waals surface area contributed by atoms with E-state index in [9.17, 15) is 26.7 Å². The molecule has 3 aromatic carbocycles. The summed E-state index contributed by atoms with van der Waals surface area (Å²) >= 11 is 9.25. The van der Waals surface area contributed by atoms with E-state index in [2.05, 4.69) is 21.0 Å². The second-order valence-corrected chi connectivity index (χ2v) is 8.67. The molecule has 0 aromatic heterocycles. The summed E-state index contributed by atoms with van der Waals surface area (Å²) in [7, 11) is 0. The molecule has 35 heavy (non-hydrogen) atoms.